The predicted octanol–water partition coefficient (Wildman–Crippen LogP) is 7.69. The minimum Gasteiger partial charge on any atom is -0.319 e. The van der Waals surface area contributed by atoms with Gasteiger partial charge in [-0.2, -0.15) is 0 Å². The molecular weight excluding hydrogens is 314 g/mol. The third-order valence-electron chi connectivity index (χ3n) is 5.71. The van der Waals surface area contributed by atoms with E-state index in [2.05, 4.69) is 64.0 Å². The van der Waals surface area contributed by atoms with Crippen LogP contribution >= 0.6 is 0 Å². The van der Waals surface area contributed by atoms with Gasteiger partial charge in [-0.05, 0) is 18.9 Å². The van der Waals surface area contributed by atoms with Crippen molar-refractivity contribution in [2.45, 2.75) is 90.0 Å². The maximum atomic E-state index is 4.10. The summed E-state index contributed by atoms with van der Waals surface area (Å²) in [5.41, 5.74) is 1.38. The number of nitrogens with zero attached hydrogens (tertiary/aromatic N) is 1. The van der Waals surface area contributed by atoms with Crippen molar-refractivity contribution in [1.82, 2.24) is 0 Å². The first-order valence-corrected chi connectivity index (χ1v) is 11.1. The number of likely N-dealkylation sites (N-methyl/N-ethyl adjacent to an activating group) is 1. The lowest BCUT2D eigenvalue weighted by molar-refractivity contribution is -0.914. The molecule has 1 aromatic carbocycles. The Labute approximate surface area is 164 Å². The fraction of sp³-hybridized carbons (Fsp3) is 0.680. The Kier molecular flexibility index (Phi) is 12.4. The Balaban J connectivity index is 2.10. The highest BCUT2D eigenvalue weighted by Crippen LogP contribution is 2.26. The highest BCUT2D eigenvalue weighted by atomic mass is 15.3. The highest BCUT2D eigenvalue weighted by Gasteiger charge is 2.26. The molecule has 0 fully saturated rings. The van der Waals surface area contributed by atoms with Crippen LogP contribution in [0.25, 0.3) is 0 Å². The average molecular weight is 359 g/mol. The van der Waals surface area contributed by atoms with Crippen LogP contribution < -0.4 is 0 Å². The van der Waals surface area contributed by atoms with E-state index in [1.54, 1.807) is 0 Å². The summed E-state index contributed by atoms with van der Waals surface area (Å²) in [6, 6.07) is 11.2. The SMILES string of the molecule is C=CC(c1ccccc1)[N+](C)(C)CCCCCCCCCCCCCC. The molecule has 0 bridgehead atoms. The van der Waals surface area contributed by atoms with Gasteiger partial charge in [0.25, 0.3) is 0 Å². The monoisotopic (exact) mass is 358 g/mol. The van der Waals surface area contributed by atoms with Crippen LogP contribution in [0.3, 0.4) is 0 Å². The molecule has 1 atom stereocenters. The number of unbranched alkanes of at least 4 members (excludes halogenated alkanes) is 11. The molecule has 0 saturated heterocycles. The van der Waals surface area contributed by atoms with Gasteiger partial charge in [-0.25, -0.2) is 0 Å². The van der Waals surface area contributed by atoms with Gasteiger partial charge in [-0.3, -0.25) is 0 Å². The smallest absolute Gasteiger partial charge is 0.133 e. The van der Waals surface area contributed by atoms with E-state index >= 15 is 0 Å². The van der Waals surface area contributed by atoms with Gasteiger partial charge in [0.05, 0.1) is 20.6 Å². The lowest BCUT2D eigenvalue weighted by atomic mass is 10.0. The van der Waals surface area contributed by atoms with Crippen molar-refractivity contribution in [3.63, 3.8) is 0 Å². The van der Waals surface area contributed by atoms with E-state index in [1.807, 2.05) is 0 Å². The minimum absolute atomic E-state index is 0.393. The molecular formula is C25H44N+. The average Bonchev–Trinajstić information content (AvgIpc) is 2.64. The van der Waals surface area contributed by atoms with Crippen molar-refractivity contribution in [2.75, 3.05) is 20.6 Å². The molecule has 1 heteroatoms. The zero-order valence-corrected chi connectivity index (χ0v) is 17.9. The molecule has 26 heavy (non-hydrogen) atoms. The van der Waals surface area contributed by atoms with E-state index in [0.29, 0.717) is 6.04 Å². The predicted molar refractivity (Wildman–Crippen MR) is 117 cm³/mol. The topological polar surface area (TPSA) is 0 Å². The molecule has 0 aliphatic carbocycles. The summed E-state index contributed by atoms with van der Waals surface area (Å²) in [5.74, 6) is 0. The second-order valence-electron chi connectivity index (χ2n) is 8.48. The first-order valence-electron chi connectivity index (χ1n) is 11.1. The van der Waals surface area contributed by atoms with Crippen molar-refractivity contribution >= 4 is 0 Å². The first kappa shape index (κ1) is 23.0. The van der Waals surface area contributed by atoms with Crippen molar-refractivity contribution < 1.29 is 4.48 Å². The molecule has 1 rings (SSSR count). The molecule has 148 valence electrons. The van der Waals surface area contributed by atoms with Crippen LogP contribution in [-0.4, -0.2) is 25.1 Å². The van der Waals surface area contributed by atoms with Gasteiger partial charge < -0.3 is 4.48 Å². The summed E-state index contributed by atoms with van der Waals surface area (Å²) >= 11 is 0. The zero-order valence-electron chi connectivity index (χ0n) is 17.9. The lowest BCUT2D eigenvalue weighted by Gasteiger charge is -2.37. The third-order valence-corrected chi connectivity index (χ3v) is 5.71. The molecule has 0 amide bonds. The highest BCUT2D eigenvalue weighted by molar-refractivity contribution is 5.20. The van der Waals surface area contributed by atoms with Gasteiger partial charge in [-0.1, -0.05) is 108 Å². The Bertz CT molecular complexity index is 448. The van der Waals surface area contributed by atoms with Crippen LogP contribution in [0.4, 0.5) is 0 Å². The van der Waals surface area contributed by atoms with Crippen LogP contribution in [-0.2, 0) is 0 Å². The van der Waals surface area contributed by atoms with Gasteiger partial charge in [0.15, 0.2) is 0 Å². The summed E-state index contributed by atoms with van der Waals surface area (Å²) in [6.07, 6.45) is 19.1. The molecule has 0 aliphatic rings. The van der Waals surface area contributed by atoms with Crippen LogP contribution in [0, 0.1) is 0 Å². The van der Waals surface area contributed by atoms with Gasteiger partial charge in [0.1, 0.15) is 6.04 Å². The van der Waals surface area contributed by atoms with Crippen molar-refractivity contribution in [1.29, 1.82) is 0 Å². The summed E-state index contributed by atoms with van der Waals surface area (Å²) in [4.78, 5) is 0. The van der Waals surface area contributed by atoms with Crippen LogP contribution in [0.2, 0.25) is 0 Å². The Morgan fingerprint density at radius 1 is 0.769 bits per heavy atom. The fourth-order valence-electron chi connectivity index (χ4n) is 3.97. The van der Waals surface area contributed by atoms with Crippen LogP contribution in [0.1, 0.15) is 95.6 Å². The Morgan fingerprint density at radius 2 is 1.23 bits per heavy atom. The number of rotatable bonds is 16. The molecule has 0 aromatic heterocycles. The van der Waals surface area contributed by atoms with E-state index in [9.17, 15) is 0 Å². The maximum Gasteiger partial charge on any atom is 0.133 e. The summed E-state index contributed by atoms with van der Waals surface area (Å²) in [6.45, 7) is 7.61. The second-order valence-corrected chi connectivity index (χ2v) is 8.48. The standard InChI is InChI=1S/C25H44N/c1-5-7-8-9-10-11-12-13-14-15-16-20-23-26(3,4)25(6-2)24-21-18-17-19-22-24/h6,17-19,21-22,25H,2,5,7-16,20,23H2,1,3-4H3/q+1. The summed E-state index contributed by atoms with van der Waals surface area (Å²) in [5, 5.41) is 0. The normalized spacial score (nSPS) is 12.9. The zero-order chi connectivity index (χ0) is 19.1. The van der Waals surface area contributed by atoms with Crippen molar-refractivity contribution in [3.8, 4) is 0 Å². The fourth-order valence-corrected chi connectivity index (χ4v) is 3.97. The minimum atomic E-state index is 0.393. The molecule has 0 heterocycles. The van der Waals surface area contributed by atoms with Crippen LogP contribution in [0.5, 0.6) is 0 Å². The number of benzene rings is 1. The molecule has 1 unspecified atom stereocenters. The first-order chi connectivity index (χ1) is 12.6. The van der Waals surface area contributed by atoms with Gasteiger partial charge >= 0.3 is 0 Å². The van der Waals surface area contributed by atoms with E-state index in [1.165, 1.54) is 89.2 Å². The van der Waals surface area contributed by atoms with Crippen LogP contribution in [0.15, 0.2) is 43.0 Å². The van der Waals surface area contributed by atoms with E-state index in [-0.39, 0.29) is 0 Å². The molecule has 1 aromatic rings. The molecule has 0 aliphatic heterocycles. The number of hydrogen-bond donors (Lipinski definition) is 0. The van der Waals surface area contributed by atoms with Crippen molar-refractivity contribution in [2.24, 2.45) is 0 Å². The van der Waals surface area contributed by atoms with Gasteiger partial charge in [-0.15, -0.1) is 0 Å². The van der Waals surface area contributed by atoms with Gasteiger partial charge in [0.2, 0.25) is 0 Å². The van der Waals surface area contributed by atoms with E-state index in [4.69, 9.17) is 0 Å². The Morgan fingerprint density at radius 3 is 1.69 bits per heavy atom. The van der Waals surface area contributed by atoms with E-state index in [0.717, 1.165) is 4.48 Å². The number of hydrogen-bond acceptors (Lipinski definition) is 0. The summed E-state index contributed by atoms with van der Waals surface area (Å²) in [7, 11) is 4.69. The lowest BCUT2D eigenvalue weighted by Crippen LogP contribution is -2.43. The summed E-state index contributed by atoms with van der Waals surface area (Å²) < 4.78 is 1.01. The second kappa shape index (κ2) is 14.0. The molecule has 0 spiro atoms. The van der Waals surface area contributed by atoms with E-state index < -0.39 is 0 Å². The van der Waals surface area contributed by atoms with Crippen molar-refractivity contribution in [3.05, 3.63) is 48.6 Å². The third kappa shape index (κ3) is 9.57. The van der Waals surface area contributed by atoms with Gasteiger partial charge in [0, 0.05) is 5.56 Å². The largest absolute Gasteiger partial charge is 0.319 e. The maximum absolute atomic E-state index is 4.10. The molecule has 0 N–H and O–H groups in total. The molecule has 0 radical (unpaired) electrons. The number of quaternary nitrogens is 1. The Hall–Kier alpha value is -1.08. The molecule has 1 nitrogen and oxygen atoms in total. The quantitative estimate of drug-likeness (QED) is 0.161. The molecule has 0 saturated carbocycles.